The number of nitrogens with zero attached hydrogens (tertiary/aromatic N) is 4. The Balaban J connectivity index is 0.841. The number of hydrogen-bond acceptors (Lipinski definition) is 4. The van der Waals surface area contributed by atoms with Crippen LogP contribution in [0.15, 0.2) is 324 Å². The molecule has 0 spiro atoms. The van der Waals surface area contributed by atoms with Crippen LogP contribution in [0, 0.1) is 0 Å². The highest BCUT2D eigenvalue weighted by Gasteiger charge is 2.25. The average Bonchev–Trinajstić information content (AvgIpc) is 1.60. The van der Waals surface area contributed by atoms with E-state index in [4.69, 9.17) is 8.83 Å². The van der Waals surface area contributed by atoms with E-state index in [0.717, 1.165) is 123 Å². The minimum atomic E-state index is 0.846. The van der Waals surface area contributed by atoms with Gasteiger partial charge in [0.15, 0.2) is 0 Å². The lowest BCUT2D eigenvalue weighted by Gasteiger charge is -2.26. The molecule has 6 nitrogen and oxygen atoms in total. The first-order valence-electron chi connectivity index (χ1n) is 30.0. The molecule has 0 aliphatic carbocycles. The molecule has 0 amide bonds. The average molecular weight is 1130 g/mol. The molecule has 0 aliphatic heterocycles. The molecular formula is C82H52N4O2. The molecular weight excluding hydrogens is 1070 g/mol. The third-order valence-electron chi connectivity index (χ3n) is 17.9. The summed E-state index contributed by atoms with van der Waals surface area (Å²) in [5.41, 5.74) is 20.9. The molecule has 4 aromatic heterocycles. The van der Waals surface area contributed by atoms with E-state index in [-0.39, 0.29) is 0 Å². The van der Waals surface area contributed by atoms with Crippen LogP contribution >= 0.6 is 0 Å². The van der Waals surface area contributed by atoms with Gasteiger partial charge in [-0.15, -0.1) is 0 Å². The van der Waals surface area contributed by atoms with Crippen molar-refractivity contribution in [1.82, 2.24) is 9.13 Å². The minimum Gasteiger partial charge on any atom is -0.456 e. The molecule has 0 atom stereocenters. The van der Waals surface area contributed by atoms with Gasteiger partial charge in [-0.25, -0.2) is 0 Å². The third kappa shape index (κ3) is 7.89. The van der Waals surface area contributed by atoms with Crippen molar-refractivity contribution in [1.29, 1.82) is 0 Å². The first-order valence-corrected chi connectivity index (χ1v) is 30.0. The summed E-state index contributed by atoms with van der Waals surface area (Å²) in [7, 11) is 0. The van der Waals surface area contributed by atoms with Gasteiger partial charge < -0.3 is 27.8 Å². The second kappa shape index (κ2) is 19.9. The van der Waals surface area contributed by atoms with Crippen LogP contribution in [0.3, 0.4) is 0 Å². The molecule has 0 fully saturated rings. The van der Waals surface area contributed by atoms with Gasteiger partial charge in [-0.2, -0.15) is 0 Å². The van der Waals surface area contributed by atoms with Gasteiger partial charge in [-0.1, -0.05) is 182 Å². The first kappa shape index (κ1) is 49.6. The molecule has 18 aromatic rings. The lowest BCUT2D eigenvalue weighted by atomic mass is 9.99. The maximum Gasteiger partial charge on any atom is 0.137 e. The number of rotatable bonds is 10. The van der Waals surface area contributed by atoms with Gasteiger partial charge in [0.1, 0.15) is 22.3 Å². The lowest BCUT2D eigenvalue weighted by molar-refractivity contribution is 0.668. The molecule has 18 rings (SSSR count). The van der Waals surface area contributed by atoms with Crippen LogP contribution in [0.2, 0.25) is 0 Å². The van der Waals surface area contributed by atoms with E-state index < -0.39 is 0 Å². The quantitative estimate of drug-likeness (QED) is 0.137. The Labute approximate surface area is 506 Å². The fourth-order valence-electron chi connectivity index (χ4n) is 13.9. The van der Waals surface area contributed by atoms with Crippen LogP contribution in [0.4, 0.5) is 34.1 Å². The Kier molecular flexibility index (Phi) is 11.2. The summed E-state index contributed by atoms with van der Waals surface area (Å²) < 4.78 is 18.0. The maximum atomic E-state index is 6.56. The van der Waals surface area contributed by atoms with Crippen molar-refractivity contribution in [3.05, 3.63) is 315 Å². The van der Waals surface area contributed by atoms with Crippen molar-refractivity contribution in [2.45, 2.75) is 0 Å². The van der Waals surface area contributed by atoms with E-state index in [2.05, 4.69) is 310 Å². The molecule has 0 unspecified atom stereocenters. The second-order valence-corrected chi connectivity index (χ2v) is 22.8. The molecule has 412 valence electrons. The van der Waals surface area contributed by atoms with E-state index in [9.17, 15) is 0 Å². The molecule has 0 saturated heterocycles. The number of fused-ring (bicyclic) bond motifs is 15. The molecule has 0 saturated carbocycles. The molecule has 0 aliphatic rings. The summed E-state index contributed by atoms with van der Waals surface area (Å²) in [6.07, 6.45) is 0. The largest absolute Gasteiger partial charge is 0.456 e. The normalized spacial score (nSPS) is 11.9. The van der Waals surface area contributed by atoms with Crippen LogP contribution in [-0.2, 0) is 0 Å². The number of hydrogen-bond donors (Lipinski definition) is 0. The number of para-hydroxylation sites is 4. The van der Waals surface area contributed by atoms with Crippen LogP contribution in [0.25, 0.3) is 132 Å². The predicted octanol–water partition coefficient (Wildman–Crippen LogP) is 23.1. The highest BCUT2D eigenvalue weighted by molar-refractivity contribution is 6.30. The van der Waals surface area contributed by atoms with Crippen molar-refractivity contribution in [3.8, 4) is 33.6 Å². The second-order valence-electron chi connectivity index (χ2n) is 22.8. The van der Waals surface area contributed by atoms with Gasteiger partial charge in [0.05, 0.1) is 22.1 Å². The fourth-order valence-corrected chi connectivity index (χ4v) is 13.9. The highest BCUT2D eigenvalue weighted by atomic mass is 16.3. The van der Waals surface area contributed by atoms with E-state index >= 15 is 0 Å². The van der Waals surface area contributed by atoms with Crippen molar-refractivity contribution in [2.75, 3.05) is 9.80 Å². The van der Waals surface area contributed by atoms with Crippen molar-refractivity contribution < 1.29 is 8.83 Å². The minimum absolute atomic E-state index is 0.846. The summed E-state index contributed by atoms with van der Waals surface area (Å²) in [5, 5.41) is 11.5. The van der Waals surface area contributed by atoms with Crippen LogP contribution in [-0.4, -0.2) is 9.13 Å². The number of furan rings is 2. The number of benzene rings is 14. The van der Waals surface area contributed by atoms with Crippen LogP contribution in [0.5, 0.6) is 0 Å². The zero-order valence-electron chi connectivity index (χ0n) is 47.6. The Hall–Kier alpha value is -11.9. The van der Waals surface area contributed by atoms with Gasteiger partial charge in [-0.05, 0) is 154 Å². The Bertz CT molecular complexity index is 5370. The van der Waals surface area contributed by atoms with Crippen LogP contribution < -0.4 is 9.80 Å². The van der Waals surface area contributed by atoms with Gasteiger partial charge in [-0.3, -0.25) is 0 Å². The summed E-state index contributed by atoms with van der Waals surface area (Å²) in [6, 6.07) is 114. The zero-order chi connectivity index (χ0) is 57.8. The van der Waals surface area contributed by atoms with Crippen molar-refractivity contribution in [3.63, 3.8) is 0 Å². The third-order valence-corrected chi connectivity index (χ3v) is 17.9. The standard InChI is InChI=1S/C82H52N4O2/c1-5-17-53(18-6-1)55-29-33-59(34-30-55)83(63-37-41-67-65-25-13-15-27-77(65)87-79(67)51-63)61-39-43-71-75(49-61)85(57-21-9-3-10-22-57)73-47-45-70-69(81(71)73)46-48-74-82(70)72-44-40-62(50-76(72)86(74)58-23-11-4-12-24-58)84(60-35-31-56(32-36-60)54-19-7-2-8-20-54)64-38-42-68-66-26-14-16-28-78(66)88-80(68)52-64/h1-52H. The molecule has 0 N–H and O–H groups in total. The number of aromatic nitrogens is 2. The summed E-state index contributed by atoms with van der Waals surface area (Å²) in [5.74, 6) is 0. The van der Waals surface area contributed by atoms with E-state index in [1.54, 1.807) is 0 Å². The van der Waals surface area contributed by atoms with E-state index in [0.29, 0.717) is 0 Å². The highest BCUT2D eigenvalue weighted by Crippen LogP contribution is 2.48. The van der Waals surface area contributed by atoms with Crippen molar-refractivity contribution in [2.24, 2.45) is 0 Å². The molecule has 6 heteroatoms. The Morgan fingerprint density at radius 2 is 0.511 bits per heavy atom. The van der Waals surface area contributed by atoms with E-state index in [1.165, 1.54) is 43.4 Å². The summed E-state index contributed by atoms with van der Waals surface area (Å²) in [4.78, 5) is 4.72. The van der Waals surface area contributed by atoms with Crippen LogP contribution in [0.1, 0.15) is 0 Å². The van der Waals surface area contributed by atoms with Gasteiger partial charge >= 0.3 is 0 Å². The summed E-state index contributed by atoms with van der Waals surface area (Å²) >= 11 is 0. The SMILES string of the molecule is c1ccc(-c2ccc(N(c3ccc4c(c3)oc3ccccc34)c3ccc4c5c6ccc7c(c6ccc5n(-c5ccccc5)c4c3)c3ccc(N(c4ccc(-c5ccccc5)cc4)c4ccc5c(c4)oc4ccccc45)cc3n7-c3ccccc3)cc2)cc1. The zero-order valence-corrected chi connectivity index (χ0v) is 47.6. The molecule has 88 heavy (non-hydrogen) atoms. The summed E-state index contributed by atoms with van der Waals surface area (Å²) in [6.45, 7) is 0. The monoisotopic (exact) mass is 1120 g/mol. The Morgan fingerprint density at radius 3 is 0.920 bits per heavy atom. The molecule has 4 heterocycles. The maximum absolute atomic E-state index is 6.56. The van der Waals surface area contributed by atoms with Crippen molar-refractivity contribution >= 4 is 132 Å². The smallest absolute Gasteiger partial charge is 0.137 e. The molecule has 14 aromatic carbocycles. The lowest BCUT2D eigenvalue weighted by Crippen LogP contribution is -2.10. The van der Waals surface area contributed by atoms with Gasteiger partial charge in [0.2, 0.25) is 0 Å². The predicted molar refractivity (Wildman–Crippen MR) is 367 cm³/mol. The molecule has 0 bridgehead atoms. The van der Waals surface area contributed by atoms with E-state index in [1.807, 2.05) is 24.3 Å². The fraction of sp³-hybridized carbons (Fsp3) is 0. The Morgan fingerprint density at radius 1 is 0.205 bits per heavy atom. The molecule has 0 radical (unpaired) electrons. The van der Waals surface area contributed by atoms with Gasteiger partial charge in [0.25, 0.3) is 0 Å². The topological polar surface area (TPSA) is 42.6 Å². The first-order chi connectivity index (χ1) is 43.6. The van der Waals surface area contributed by atoms with Gasteiger partial charge in [0, 0.05) is 101 Å². The number of anilines is 6.